The Kier molecular flexibility index (Phi) is 5.46. The first-order valence-electron chi connectivity index (χ1n) is 7.38. The first-order chi connectivity index (χ1) is 11.0. The Morgan fingerprint density at radius 1 is 1.04 bits per heavy atom. The van der Waals surface area contributed by atoms with Crippen LogP contribution in [-0.4, -0.2) is 20.2 Å². The topological polar surface area (TPSA) is 68.9 Å². The van der Waals surface area contributed by atoms with Gasteiger partial charge >= 0.3 is 0 Å². The van der Waals surface area contributed by atoms with Crippen LogP contribution < -0.4 is 20.5 Å². The van der Waals surface area contributed by atoms with Crippen LogP contribution in [0.15, 0.2) is 41.4 Å². The van der Waals surface area contributed by atoms with Crippen molar-refractivity contribution in [2.24, 2.45) is 10.7 Å². The summed E-state index contributed by atoms with van der Waals surface area (Å²) in [7, 11) is 3.25. The lowest BCUT2D eigenvalue weighted by molar-refractivity contribution is 0.391. The summed E-state index contributed by atoms with van der Waals surface area (Å²) in [6, 6.07) is 11.7. The Bertz CT molecular complexity index is 711. The zero-order chi connectivity index (χ0) is 16.8. The fourth-order valence-corrected chi connectivity index (χ4v) is 2.16. The number of nitrogens with zero attached hydrogens (tertiary/aromatic N) is 1. The summed E-state index contributed by atoms with van der Waals surface area (Å²) in [6.07, 6.45) is 0. The van der Waals surface area contributed by atoms with Gasteiger partial charge in [0.2, 0.25) is 0 Å². The van der Waals surface area contributed by atoms with Crippen LogP contribution in [-0.2, 0) is 6.54 Å². The highest BCUT2D eigenvalue weighted by Gasteiger charge is 2.05. The lowest BCUT2D eigenvalue weighted by Crippen LogP contribution is -2.22. The maximum Gasteiger partial charge on any atom is 0.193 e. The van der Waals surface area contributed by atoms with Gasteiger partial charge in [-0.05, 0) is 49.2 Å². The SMILES string of the molecule is COc1ccc(CN=C(N)Nc2ccc(C)c(C)c2)c(OC)c1. The molecule has 0 fully saturated rings. The summed E-state index contributed by atoms with van der Waals surface area (Å²) < 4.78 is 10.5. The summed E-state index contributed by atoms with van der Waals surface area (Å²) in [5.74, 6) is 1.84. The number of rotatable bonds is 5. The number of ether oxygens (including phenoxy) is 2. The van der Waals surface area contributed by atoms with Crippen molar-refractivity contribution >= 4 is 11.6 Å². The van der Waals surface area contributed by atoms with Crippen molar-refractivity contribution in [3.8, 4) is 11.5 Å². The van der Waals surface area contributed by atoms with E-state index in [1.54, 1.807) is 14.2 Å². The number of methoxy groups -OCH3 is 2. The Hall–Kier alpha value is -2.69. The van der Waals surface area contributed by atoms with E-state index < -0.39 is 0 Å². The van der Waals surface area contributed by atoms with Gasteiger partial charge < -0.3 is 20.5 Å². The molecule has 2 rings (SSSR count). The van der Waals surface area contributed by atoms with E-state index in [0.717, 1.165) is 22.7 Å². The van der Waals surface area contributed by atoms with Gasteiger partial charge in [-0.15, -0.1) is 0 Å². The summed E-state index contributed by atoms with van der Waals surface area (Å²) in [5, 5.41) is 3.10. The number of hydrogen-bond acceptors (Lipinski definition) is 3. The van der Waals surface area contributed by atoms with E-state index in [1.807, 2.05) is 30.3 Å². The number of hydrogen-bond donors (Lipinski definition) is 2. The van der Waals surface area contributed by atoms with Crippen molar-refractivity contribution in [1.82, 2.24) is 0 Å². The molecular formula is C18H23N3O2. The number of anilines is 1. The standard InChI is InChI=1S/C18H23N3O2/c1-12-5-7-15(9-13(12)2)21-18(19)20-11-14-6-8-16(22-3)10-17(14)23-4/h5-10H,11H2,1-4H3,(H3,19,20,21). The molecule has 2 aromatic rings. The lowest BCUT2D eigenvalue weighted by Gasteiger charge is -2.10. The molecule has 23 heavy (non-hydrogen) atoms. The van der Waals surface area contributed by atoms with Crippen molar-refractivity contribution in [2.75, 3.05) is 19.5 Å². The number of guanidine groups is 1. The highest BCUT2D eigenvalue weighted by atomic mass is 16.5. The first kappa shape index (κ1) is 16.7. The molecule has 3 N–H and O–H groups in total. The molecule has 0 atom stereocenters. The third-order valence-corrected chi connectivity index (χ3v) is 3.69. The largest absolute Gasteiger partial charge is 0.497 e. The van der Waals surface area contributed by atoms with Crippen molar-refractivity contribution in [3.05, 3.63) is 53.1 Å². The predicted molar refractivity (Wildman–Crippen MR) is 94.4 cm³/mol. The molecule has 0 aliphatic carbocycles. The van der Waals surface area contributed by atoms with E-state index in [0.29, 0.717) is 12.5 Å². The van der Waals surface area contributed by atoms with Crippen LogP contribution in [0.5, 0.6) is 11.5 Å². The molecule has 0 radical (unpaired) electrons. The van der Waals surface area contributed by atoms with Crippen molar-refractivity contribution < 1.29 is 9.47 Å². The first-order valence-corrected chi connectivity index (χ1v) is 7.38. The van der Waals surface area contributed by atoms with Gasteiger partial charge in [0.05, 0.1) is 20.8 Å². The molecule has 0 aliphatic rings. The van der Waals surface area contributed by atoms with Crippen LogP contribution >= 0.6 is 0 Å². The van der Waals surface area contributed by atoms with E-state index in [-0.39, 0.29) is 0 Å². The van der Waals surface area contributed by atoms with Crippen LogP contribution in [0.25, 0.3) is 0 Å². The van der Waals surface area contributed by atoms with Gasteiger partial charge in [0.1, 0.15) is 11.5 Å². The van der Waals surface area contributed by atoms with Gasteiger partial charge in [0.25, 0.3) is 0 Å². The molecule has 0 spiro atoms. The lowest BCUT2D eigenvalue weighted by atomic mass is 10.1. The molecule has 0 unspecified atom stereocenters. The monoisotopic (exact) mass is 313 g/mol. The number of nitrogens with two attached hydrogens (primary N) is 1. The highest BCUT2D eigenvalue weighted by Crippen LogP contribution is 2.25. The molecule has 0 aromatic heterocycles. The number of aryl methyl sites for hydroxylation is 2. The van der Waals surface area contributed by atoms with Crippen molar-refractivity contribution in [2.45, 2.75) is 20.4 Å². The Balaban J connectivity index is 2.08. The van der Waals surface area contributed by atoms with E-state index in [1.165, 1.54) is 11.1 Å². The quantitative estimate of drug-likeness (QED) is 0.657. The minimum atomic E-state index is 0.367. The van der Waals surface area contributed by atoms with E-state index in [9.17, 15) is 0 Å². The highest BCUT2D eigenvalue weighted by molar-refractivity contribution is 5.92. The fraction of sp³-hybridized carbons (Fsp3) is 0.278. The van der Waals surface area contributed by atoms with Gasteiger partial charge in [-0.1, -0.05) is 6.07 Å². The molecular weight excluding hydrogens is 290 g/mol. The van der Waals surface area contributed by atoms with E-state index in [2.05, 4.69) is 30.2 Å². The van der Waals surface area contributed by atoms with E-state index in [4.69, 9.17) is 15.2 Å². The van der Waals surface area contributed by atoms with Crippen LogP contribution in [0, 0.1) is 13.8 Å². The summed E-state index contributed by atoms with van der Waals surface area (Å²) >= 11 is 0. The third-order valence-electron chi connectivity index (χ3n) is 3.69. The Morgan fingerprint density at radius 3 is 2.48 bits per heavy atom. The fourth-order valence-electron chi connectivity index (χ4n) is 2.16. The molecule has 0 saturated heterocycles. The normalized spacial score (nSPS) is 11.2. The molecule has 0 bridgehead atoms. The van der Waals surface area contributed by atoms with Crippen LogP contribution in [0.1, 0.15) is 16.7 Å². The molecule has 0 aliphatic heterocycles. The van der Waals surface area contributed by atoms with Gasteiger partial charge in [-0.25, -0.2) is 4.99 Å². The number of aliphatic imine (C=N–C) groups is 1. The Labute approximate surface area is 137 Å². The summed E-state index contributed by atoms with van der Waals surface area (Å²) in [4.78, 5) is 4.37. The number of nitrogens with one attached hydrogen (secondary N) is 1. The minimum Gasteiger partial charge on any atom is -0.497 e. The summed E-state index contributed by atoms with van der Waals surface area (Å²) in [5.41, 5.74) is 10.3. The van der Waals surface area contributed by atoms with Gasteiger partial charge in [0.15, 0.2) is 5.96 Å². The maximum absolute atomic E-state index is 5.96. The van der Waals surface area contributed by atoms with Crippen molar-refractivity contribution in [3.63, 3.8) is 0 Å². The van der Waals surface area contributed by atoms with Crippen LogP contribution in [0.4, 0.5) is 5.69 Å². The molecule has 0 amide bonds. The molecule has 0 saturated carbocycles. The van der Waals surface area contributed by atoms with Crippen LogP contribution in [0.2, 0.25) is 0 Å². The average Bonchev–Trinajstić information content (AvgIpc) is 2.56. The van der Waals surface area contributed by atoms with Gasteiger partial charge in [0, 0.05) is 17.3 Å². The second-order valence-electron chi connectivity index (χ2n) is 5.30. The predicted octanol–water partition coefficient (Wildman–Crippen LogP) is 3.25. The molecule has 5 nitrogen and oxygen atoms in total. The second-order valence-corrected chi connectivity index (χ2v) is 5.30. The molecule has 0 heterocycles. The third kappa shape index (κ3) is 4.39. The van der Waals surface area contributed by atoms with Crippen molar-refractivity contribution in [1.29, 1.82) is 0 Å². The zero-order valence-corrected chi connectivity index (χ0v) is 14.0. The smallest absolute Gasteiger partial charge is 0.193 e. The Morgan fingerprint density at radius 2 is 1.83 bits per heavy atom. The van der Waals surface area contributed by atoms with Gasteiger partial charge in [-0.2, -0.15) is 0 Å². The molecule has 2 aromatic carbocycles. The minimum absolute atomic E-state index is 0.367. The molecule has 122 valence electrons. The van der Waals surface area contributed by atoms with E-state index >= 15 is 0 Å². The summed E-state index contributed by atoms with van der Waals surface area (Å²) in [6.45, 7) is 4.57. The second kappa shape index (κ2) is 7.54. The average molecular weight is 313 g/mol. The van der Waals surface area contributed by atoms with Gasteiger partial charge in [-0.3, -0.25) is 0 Å². The number of benzene rings is 2. The maximum atomic E-state index is 5.96. The zero-order valence-electron chi connectivity index (χ0n) is 14.0. The molecule has 5 heteroatoms. The van der Waals surface area contributed by atoms with Crippen LogP contribution in [0.3, 0.4) is 0 Å².